The molecule has 1 aliphatic carbocycles. The third-order valence-electron chi connectivity index (χ3n) is 5.41. The Morgan fingerprint density at radius 3 is 2.25 bits per heavy atom. The summed E-state index contributed by atoms with van der Waals surface area (Å²) in [6.45, 7) is 5.22. The molecule has 3 rings (SSSR count). The van der Waals surface area contributed by atoms with Crippen molar-refractivity contribution < 1.29 is 9.59 Å². The molecule has 1 saturated carbocycles. The molecule has 5 heteroatoms. The predicted octanol–water partition coefficient (Wildman–Crippen LogP) is 2.00. The number of nitrogens with zero attached hydrogens (tertiary/aromatic N) is 3. The smallest absolute Gasteiger partial charge is 0.253 e. The normalized spacial score (nSPS) is 18.9. The summed E-state index contributed by atoms with van der Waals surface area (Å²) >= 11 is 0. The van der Waals surface area contributed by atoms with Crippen molar-refractivity contribution in [2.75, 3.05) is 39.1 Å². The maximum Gasteiger partial charge on any atom is 0.253 e. The largest absolute Gasteiger partial charge is 0.337 e. The predicted molar refractivity (Wildman–Crippen MR) is 95.1 cm³/mol. The molecule has 1 aliphatic heterocycles. The van der Waals surface area contributed by atoms with Gasteiger partial charge in [-0.2, -0.15) is 0 Å². The van der Waals surface area contributed by atoms with Gasteiger partial charge in [0, 0.05) is 42.8 Å². The molecule has 5 nitrogen and oxygen atoms in total. The second-order valence-corrected chi connectivity index (χ2v) is 7.34. The molecule has 1 heterocycles. The highest BCUT2D eigenvalue weighted by atomic mass is 16.2. The van der Waals surface area contributed by atoms with Gasteiger partial charge in [-0.1, -0.05) is 6.58 Å². The van der Waals surface area contributed by atoms with Crippen molar-refractivity contribution in [2.24, 2.45) is 5.41 Å². The van der Waals surface area contributed by atoms with Crippen LogP contribution in [0.1, 0.15) is 23.2 Å². The molecule has 1 spiro atoms. The van der Waals surface area contributed by atoms with E-state index in [1.807, 2.05) is 4.90 Å². The van der Waals surface area contributed by atoms with Crippen molar-refractivity contribution in [3.05, 3.63) is 42.5 Å². The summed E-state index contributed by atoms with van der Waals surface area (Å²) in [6.07, 6.45) is 3.66. The van der Waals surface area contributed by atoms with Gasteiger partial charge >= 0.3 is 0 Å². The Labute approximate surface area is 143 Å². The van der Waals surface area contributed by atoms with Crippen molar-refractivity contribution in [1.82, 2.24) is 9.80 Å². The molecule has 1 aromatic rings. The third kappa shape index (κ3) is 2.84. The molecule has 2 amide bonds. The van der Waals surface area contributed by atoms with E-state index in [-0.39, 0.29) is 11.8 Å². The zero-order valence-electron chi connectivity index (χ0n) is 14.7. The molecule has 1 aromatic carbocycles. The van der Waals surface area contributed by atoms with E-state index in [1.165, 1.54) is 23.8 Å². The lowest BCUT2D eigenvalue weighted by atomic mass is 9.60. The zero-order chi connectivity index (χ0) is 17.5. The Balaban J connectivity index is 1.57. The maximum atomic E-state index is 12.6. The van der Waals surface area contributed by atoms with Crippen LogP contribution in [0.15, 0.2) is 36.9 Å². The average Bonchev–Trinajstić information content (AvgIpc) is 2.50. The van der Waals surface area contributed by atoms with Gasteiger partial charge in [0.2, 0.25) is 5.91 Å². The van der Waals surface area contributed by atoms with Crippen LogP contribution in [0.25, 0.3) is 0 Å². The number of carbonyl (C=O) groups is 2. The van der Waals surface area contributed by atoms with Gasteiger partial charge in [0.1, 0.15) is 0 Å². The van der Waals surface area contributed by atoms with E-state index >= 15 is 0 Å². The molecule has 0 unspecified atom stereocenters. The second-order valence-electron chi connectivity index (χ2n) is 7.34. The molecule has 128 valence electrons. The van der Waals surface area contributed by atoms with Crippen molar-refractivity contribution in [3.63, 3.8) is 0 Å². The lowest BCUT2D eigenvalue weighted by Crippen LogP contribution is -2.66. The molecular weight excluding hydrogens is 302 g/mol. The minimum atomic E-state index is -0.167. The van der Waals surface area contributed by atoms with Gasteiger partial charge in [-0.15, -0.1) is 0 Å². The van der Waals surface area contributed by atoms with E-state index in [0.717, 1.165) is 18.8 Å². The highest BCUT2D eigenvalue weighted by molar-refractivity contribution is 6.01. The van der Waals surface area contributed by atoms with Crippen LogP contribution < -0.4 is 4.90 Å². The number of rotatable bonds is 4. The van der Waals surface area contributed by atoms with Crippen molar-refractivity contribution in [2.45, 2.75) is 18.9 Å². The van der Waals surface area contributed by atoms with Crippen molar-refractivity contribution in [3.8, 4) is 0 Å². The van der Waals surface area contributed by atoms with Gasteiger partial charge in [0.15, 0.2) is 0 Å². The molecule has 0 bridgehead atoms. The first-order chi connectivity index (χ1) is 11.3. The quantitative estimate of drug-likeness (QED) is 0.795. The standard InChI is InChI=1S/C19H25N3O2/c1-5-17(23)21(4)15-8-6-14(7-9-15)18(24)22-12-19(13-22)10-16(11-19)20(2)3/h5-9,16H,1,10-13H2,2-4H3. The summed E-state index contributed by atoms with van der Waals surface area (Å²) in [4.78, 5) is 29.9. The molecule has 0 radical (unpaired) electrons. The number of hydrogen-bond acceptors (Lipinski definition) is 3. The van der Waals surface area contributed by atoms with Gasteiger partial charge in [0.25, 0.3) is 5.91 Å². The van der Waals surface area contributed by atoms with Crippen LogP contribution in [0, 0.1) is 5.41 Å². The minimum absolute atomic E-state index is 0.0816. The number of benzene rings is 1. The summed E-state index contributed by atoms with van der Waals surface area (Å²) in [5.74, 6) is -0.0858. The van der Waals surface area contributed by atoms with Gasteiger partial charge in [0.05, 0.1) is 0 Å². The van der Waals surface area contributed by atoms with E-state index in [0.29, 0.717) is 17.0 Å². The SMILES string of the molecule is C=CC(=O)N(C)c1ccc(C(=O)N2CC3(CC(N(C)C)C3)C2)cc1. The lowest BCUT2D eigenvalue weighted by Gasteiger charge is -2.60. The summed E-state index contributed by atoms with van der Waals surface area (Å²) in [6, 6.07) is 7.85. The van der Waals surface area contributed by atoms with E-state index in [1.54, 1.807) is 31.3 Å². The number of anilines is 1. The molecule has 0 N–H and O–H groups in total. The van der Waals surface area contributed by atoms with Crippen LogP contribution in [0.2, 0.25) is 0 Å². The number of amides is 2. The minimum Gasteiger partial charge on any atom is -0.337 e. The van der Waals surface area contributed by atoms with Crippen molar-refractivity contribution in [1.29, 1.82) is 0 Å². The molecular formula is C19H25N3O2. The van der Waals surface area contributed by atoms with Crippen LogP contribution in [-0.4, -0.2) is 61.9 Å². The van der Waals surface area contributed by atoms with Crippen LogP contribution in [-0.2, 0) is 4.79 Å². The number of likely N-dealkylation sites (N-methyl/N-ethyl adjacent to an activating group) is 1. The molecule has 2 aliphatic rings. The van der Waals surface area contributed by atoms with Crippen LogP contribution in [0.3, 0.4) is 0 Å². The van der Waals surface area contributed by atoms with Gasteiger partial charge < -0.3 is 14.7 Å². The third-order valence-corrected chi connectivity index (χ3v) is 5.41. The number of likely N-dealkylation sites (tertiary alicyclic amines) is 1. The Bertz CT molecular complexity index is 652. The fraction of sp³-hybridized carbons (Fsp3) is 0.474. The molecule has 0 aromatic heterocycles. The second kappa shape index (κ2) is 6.06. The fourth-order valence-corrected chi connectivity index (χ4v) is 3.74. The van der Waals surface area contributed by atoms with Crippen LogP contribution in [0.5, 0.6) is 0 Å². The first-order valence-electron chi connectivity index (χ1n) is 8.31. The summed E-state index contributed by atoms with van der Waals surface area (Å²) in [5, 5.41) is 0. The molecule has 2 fully saturated rings. The summed E-state index contributed by atoms with van der Waals surface area (Å²) in [5.41, 5.74) is 1.79. The summed E-state index contributed by atoms with van der Waals surface area (Å²) < 4.78 is 0. The summed E-state index contributed by atoms with van der Waals surface area (Å²) in [7, 11) is 5.93. The molecule has 24 heavy (non-hydrogen) atoms. The maximum absolute atomic E-state index is 12.6. The molecule has 0 atom stereocenters. The van der Waals surface area contributed by atoms with Gasteiger partial charge in [-0.05, 0) is 57.3 Å². The van der Waals surface area contributed by atoms with Gasteiger partial charge in [-0.3, -0.25) is 9.59 Å². The van der Waals surface area contributed by atoms with Crippen molar-refractivity contribution >= 4 is 17.5 Å². The van der Waals surface area contributed by atoms with E-state index in [4.69, 9.17) is 0 Å². The topological polar surface area (TPSA) is 43.9 Å². The van der Waals surface area contributed by atoms with E-state index < -0.39 is 0 Å². The zero-order valence-corrected chi connectivity index (χ0v) is 14.7. The van der Waals surface area contributed by atoms with Crippen LogP contribution in [0.4, 0.5) is 5.69 Å². The first kappa shape index (κ1) is 16.7. The van der Waals surface area contributed by atoms with E-state index in [2.05, 4.69) is 25.6 Å². The Morgan fingerprint density at radius 2 is 1.75 bits per heavy atom. The monoisotopic (exact) mass is 327 g/mol. The fourth-order valence-electron chi connectivity index (χ4n) is 3.74. The Morgan fingerprint density at radius 1 is 1.17 bits per heavy atom. The highest BCUT2D eigenvalue weighted by Gasteiger charge is 2.54. The highest BCUT2D eigenvalue weighted by Crippen LogP contribution is 2.50. The average molecular weight is 327 g/mol. The van der Waals surface area contributed by atoms with E-state index in [9.17, 15) is 9.59 Å². The first-order valence-corrected chi connectivity index (χ1v) is 8.31. The molecule has 1 saturated heterocycles. The van der Waals surface area contributed by atoms with Gasteiger partial charge in [-0.25, -0.2) is 0 Å². The lowest BCUT2D eigenvalue weighted by molar-refractivity contribution is -0.113. The number of carbonyl (C=O) groups excluding carboxylic acids is 2. The Kier molecular flexibility index (Phi) is 4.22. The Hall–Kier alpha value is -2.14. The van der Waals surface area contributed by atoms with Crippen LogP contribution >= 0.6 is 0 Å². The number of hydrogen-bond donors (Lipinski definition) is 0.